The predicted molar refractivity (Wildman–Crippen MR) is 80.4 cm³/mol. The quantitative estimate of drug-likeness (QED) is 0.754. The van der Waals surface area contributed by atoms with Gasteiger partial charge in [-0.3, -0.25) is 9.48 Å². The SMILES string of the molecule is O=C(NC[C@H]1C[C@@H]1Cn1cccn1)c1cc(-c2ccco2)on1. The van der Waals surface area contributed by atoms with Gasteiger partial charge in [-0.15, -0.1) is 0 Å². The first-order valence-corrected chi connectivity index (χ1v) is 7.56. The number of nitrogens with zero attached hydrogens (tertiary/aromatic N) is 3. The minimum atomic E-state index is -0.226. The monoisotopic (exact) mass is 312 g/mol. The molecule has 3 aromatic rings. The number of rotatable bonds is 6. The van der Waals surface area contributed by atoms with Crippen molar-refractivity contribution in [3.63, 3.8) is 0 Å². The van der Waals surface area contributed by atoms with Crippen molar-refractivity contribution in [2.24, 2.45) is 11.8 Å². The Morgan fingerprint density at radius 1 is 1.35 bits per heavy atom. The van der Waals surface area contributed by atoms with E-state index in [-0.39, 0.29) is 11.6 Å². The number of hydrogen-bond acceptors (Lipinski definition) is 5. The van der Waals surface area contributed by atoms with Gasteiger partial charge in [0.25, 0.3) is 5.91 Å². The predicted octanol–water partition coefficient (Wildman–Crippen LogP) is 2.20. The lowest BCUT2D eigenvalue weighted by Crippen LogP contribution is -2.26. The maximum atomic E-state index is 12.1. The van der Waals surface area contributed by atoms with Gasteiger partial charge >= 0.3 is 0 Å². The fourth-order valence-corrected chi connectivity index (χ4v) is 2.66. The Labute approximate surface area is 132 Å². The van der Waals surface area contributed by atoms with Crippen molar-refractivity contribution in [3.05, 3.63) is 48.6 Å². The van der Waals surface area contributed by atoms with Gasteiger partial charge in [0.05, 0.1) is 6.26 Å². The maximum Gasteiger partial charge on any atom is 0.273 e. The van der Waals surface area contributed by atoms with Crippen LogP contribution in [0, 0.1) is 11.8 Å². The second-order valence-electron chi connectivity index (χ2n) is 5.75. The van der Waals surface area contributed by atoms with Gasteiger partial charge in [-0.2, -0.15) is 5.10 Å². The summed E-state index contributed by atoms with van der Waals surface area (Å²) < 4.78 is 12.3. The molecule has 3 aromatic heterocycles. The smallest absolute Gasteiger partial charge is 0.273 e. The van der Waals surface area contributed by atoms with Gasteiger partial charge in [0.2, 0.25) is 5.76 Å². The summed E-state index contributed by atoms with van der Waals surface area (Å²) in [4.78, 5) is 12.1. The number of amides is 1. The molecule has 1 saturated carbocycles. The maximum absolute atomic E-state index is 12.1. The van der Waals surface area contributed by atoms with Crippen molar-refractivity contribution in [2.45, 2.75) is 13.0 Å². The van der Waals surface area contributed by atoms with Crippen molar-refractivity contribution >= 4 is 5.91 Å². The Kier molecular flexibility index (Phi) is 3.45. The highest BCUT2D eigenvalue weighted by atomic mass is 16.5. The van der Waals surface area contributed by atoms with Crippen molar-refractivity contribution in [2.75, 3.05) is 6.54 Å². The van der Waals surface area contributed by atoms with E-state index < -0.39 is 0 Å². The van der Waals surface area contributed by atoms with E-state index in [9.17, 15) is 4.79 Å². The van der Waals surface area contributed by atoms with Gasteiger partial charge in [-0.25, -0.2) is 0 Å². The lowest BCUT2D eigenvalue weighted by molar-refractivity contribution is 0.0942. The van der Waals surface area contributed by atoms with Crippen LogP contribution < -0.4 is 5.32 Å². The first kappa shape index (κ1) is 13.8. The highest BCUT2D eigenvalue weighted by Crippen LogP contribution is 2.39. The largest absolute Gasteiger partial charge is 0.461 e. The van der Waals surface area contributed by atoms with Gasteiger partial charge in [-0.1, -0.05) is 5.16 Å². The van der Waals surface area contributed by atoms with Crippen molar-refractivity contribution < 1.29 is 13.7 Å². The molecular formula is C16H16N4O3. The average molecular weight is 312 g/mol. The summed E-state index contributed by atoms with van der Waals surface area (Å²) in [5, 5.41) is 10.9. The summed E-state index contributed by atoms with van der Waals surface area (Å²) >= 11 is 0. The molecule has 0 unspecified atom stereocenters. The van der Waals surface area contributed by atoms with Crippen LogP contribution >= 0.6 is 0 Å². The Hall–Kier alpha value is -2.83. The summed E-state index contributed by atoms with van der Waals surface area (Å²) in [5.41, 5.74) is 0.265. The molecule has 7 heteroatoms. The molecule has 7 nitrogen and oxygen atoms in total. The Bertz CT molecular complexity index is 776. The van der Waals surface area contributed by atoms with E-state index in [1.165, 1.54) is 0 Å². The van der Waals surface area contributed by atoms with Gasteiger partial charge in [0.1, 0.15) is 0 Å². The summed E-state index contributed by atoms with van der Waals surface area (Å²) in [6.07, 6.45) is 6.39. The summed E-state index contributed by atoms with van der Waals surface area (Å²) in [7, 11) is 0. The topological polar surface area (TPSA) is 86.1 Å². The Morgan fingerprint density at radius 2 is 2.30 bits per heavy atom. The lowest BCUT2D eigenvalue weighted by Gasteiger charge is -2.02. The molecule has 0 aliphatic heterocycles. The molecule has 0 bridgehead atoms. The minimum Gasteiger partial charge on any atom is -0.461 e. The van der Waals surface area contributed by atoms with Crippen LogP contribution in [-0.2, 0) is 6.54 Å². The number of aromatic nitrogens is 3. The van der Waals surface area contributed by atoms with Gasteiger partial charge in [0, 0.05) is 31.5 Å². The molecule has 1 aliphatic carbocycles. The molecule has 0 saturated heterocycles. The van der Waals surface area contributed by atoms with Gasteiger partial charge in [-0.05, 0) is 36.5 Å². The van der Waals surface area contributed by atoms with Crippen LogP contribution in [0.25, 0.3) is 11.5 Å². The molecular weight excluding hydrogens is 296 g/mol. The zero-order valence-corrected chi connectivity index (χ0v) is 12.4. The molecule has 1 fully saturated rings. The highest BCUT2D eigenvalue weighted by molar-refractivity contribution is 5.92. The Balaban J connectivity index is 1.28. The number of nitrogens with one attached hydrogen (secondary N) is 1. The molecule has 23 heavy (non-hydrogen) atoms. The third-order valence-corrected chi connectivity index (χ3v) is 4.08. The second kappa shape index (κ2) is 5.75. The zero-order chi connectivity index (χ0) is 15.6. The first-order chi connectivity index (χ1) is 11.3. The molecule has 3 heterocycles. The van der Waals surface area contributed by atoms with E-state index in [2.05, 4.69) is 15.6 Å². The second-order valence-corrected chi connectivity index (χ2v) is 5.75. The third-order valence-electron chi connectivity index (χ3n) is 4.08. The summed E-state index contributed by atoms with van der Waals surface area (Å²) in [5.74, 6) is 1.85. The fourth-order valence-electron chi connectivity index (χ4n) is 2.66. The fraction of sp³-hybridized carbons (Fsp3) is 0.312. The van der Waals surface area contributed by atoms with Crippen LogP contribution in [0.4, 0.5) is 0 Å². The van der Waals surface area contributed by atoms with Gasteiger partial charge < -0.3 is 14.3 Å². The average Bonchev–Trinajstić information content (AvgIpc) is 3.08. The van der Waals surface area contributed by atoms with E-state index in [4.69, 9.17) is 8.94 Å². The summed E-state index contributed by atoms with van der Waals surface area (Å²) in [6, 6.07) is 7.01. The van der Waals surface area contributed by atoms with Crippen molar-refractivity contribution in [3.8, 4) is 11.5 Å². The molecule has 2 atom stereocenters. The first-order valence-electron chi connectivity index (χ1n) is 7.56. The molecule has 118 valence electrons. The molecule has 4 rings (SSSR count). The minimum absolute atomic E-state index is 0.226. The van der Waals surface area contributed by atoms with Crippen molar-refractivity contribution in [1.82, 2.24) is 20.3 Å². The highest BCUT2D eigenvalue weighted by Gasteiger charge is 2.37. The Morgan fingerprint density at radius 3 is 3.09 bits per heavy atom. The number of hydrogen-bond donors (Lipinski definition) is 1. The normalized spacial score (nSPS) is 19.7. The number of carbonyl (C=O) groups excluding carboxylic acids is 1. The van der Waals surface area contributed by atoms with Crippen LogP contribution in [0.2, 0.25) is 0 Å². The van der Waals surface area contributed by atoms with E-state index in [0.717, 1.165) is 13.0 Å². The standard InChI is InChI=1S/C16H16N4O3/c21-16(13-8-15(23-19-13)14-3-1-6-22-14)17-9-11-7-12(11)10-20-5-2-4-18-20/h1-6,8,11-12H,7,9-10H2,(H,17,21)/t11-,12-/m1/s1. The van der Waals surface area contributed by atoms with Crippen LogP contribution in [0.3, 0.4) is 0 Å². The molecule has 1 N–H and O–H groups in total. The number of carbonyl (C=O) groups is 1. The van der Waals surface area contributed by atoms with E-state index in [1.54, 1.807) is 30.7 Å². The third kappa shape index (κ3) is 3.03. The molecule has 0 spiro atoms. The number of furan rings is 1. The van der Waals surface area contributed by atoms with E-state index in [0.29, 0.717) is 29.9 Å². The van der Waals surface area contributed by atoms with Crippen LogP contribution in [-0.4, -0.2) is 27.4 Å². The van der Waals surface area contributed by atoms with Gasteiger partial charge in [0.15, 0.2) is 11.5 Å². The molecule has 1 amide bonds. The molecule has 0 radical (unpaired) electrons. The molecule has 1 aliphatic rings. The van der Waals surface area contributed by atoms with Crippen LogP contribution in [0.1, 0.15) is 16.9 Å². The van der Waals surface area contributed by atoms with E-state index in [1.807, 2.05) is 16.9 Å². The van der Waals surface area contributed by atoms with Crippen LogP contribution in [0.5, 0.6) is 0 Å². The van der Waals surface area contributed by atoms with Crippen LogP contribution in [0.15, 0.2) is 51.9 Å². The summed E-state index contributed by atoms with van der Waals surface area (Å²) in [6.45, 7) is 1.55. The van der Waals surface area contributed by atoms with Crippen molar-refractivity contribution in [1.29, 1.82) is 0 Å². The lowest BCUT2D eigenvalue weighted by atomic mass is 10.3. The zero-order valence-electron chi connectivity index (χ0n) is 12.4. The van der Waals surface area contributed by atoms with E-state index >= 15 is 0 Å². The molecule has 0 aromatic carbocycles.